The second-order valence-corrected chi connectivity index (χ2v) is 9.94. The molecule has 1 aliphatic carbocycles. The molecule has 1 saturated heterocycles. The molecule has 0 unspecified atom stereocenters. The molecule has 1 saturated carbocycles. The number of sulfone groups is 1. The Labute approximate surface area is 169 Å². The molecule has 4 atom stereocenters. The van der Waals surface area contributed by atoms with E-state index >= 15 is 0 Å². The molecule has 156 valence electrons. The largest absolute Gasteiger partial charge is 0.488 e. The molecular formula is C20H24FN3O4S. The van der Waals surface area contributed by atoms with Crippen LogP contribution in [-0.2, 0) is 9.84 Å². The number of anilines is 1. The summed E-state index contributed by atoms with van der Waals surface area (Å²) in [6.45, 7) is 3.00. The van der Waals surface area contributed by atoms with Crippen molar-refractivity contribution in [1.29, 1.82) is 0 Å². The Morgan fingerprint density at radius 3 is 2.48 bits per heavy atom. The molecule has 2 aliphatic rings. The van der Waals surface area contributed by atoms with Crippen molar-refractivity contribution in [2.75, 3.05) is 24.2 Å². The zero-order valence-electron chi connectivity index (χ0n) is 16.3. The average molecular weight is 421 g/mol. The molecule has 2 aromatic rings. The molecule has 4 rings (SSSR count). The first-order valence-corrected chi connectivity index (χ1v) is 11.5. The van der Waals surface area contributed by atoms with Crippen LogP contribution in [0.15, 0.2) is 35.4 Å². The van der Waals surface area contributed by atoms with E-state index in [1.54, 1.807) is 19.1 Å². The first kappa shape index (κ1) is 20.0. The molecule has 1 aliphatic heterocycles. The maximum absolute atomic E-state index is 13.1. The zero-order valence-corrected chi connectivity index (χ0v) is 17.1. The quantitative estimate of drug-likeness (QED) is 0.807. The van der Waals surface area contributed by atoms with Gasteiger partial charge in [-0.05, 0) is 55.9 Å². The lowest BCUT2D eigenvalue weighted by Crippen LogP contribution is -2.42. The molecule has 0 spiro atoms. The zero-order chi connectivity index (χ0) is 20.8. The summed E-state index contributed by atoms with van der Waals surface area (Å²) in [5, 5.41) is 10.6. The van der Waals surface area contributed by atoms with Crippen LogP contribution >= 0.6 is 0 Å². The molecule has 1 N–H and O–H groups in total. The second kappa shape index (κ2) is 7.53. The number of hydrogen-bond acceptors (Lipinski definition) is 7. The first-order valence-electron chi connectivity index (χ1n) is 9.59. The highest BCUT2D eigenvalue weighted by atomic mass is 32.2. The smallest absolute Gasteiger partial charge is 0.180 e. The van der Waals surface area contributed by atoms with Gasteiger partial charge < -0.3 is 14.7 Å². The number of aromatic nitrogens is 2. The average Bonchev–Trinajstić information content (AvgIpc) is 3.05. The van der Waals surface area contributed by atoms with Gasteiger partial charge in [-0.25, -0.2) is 22.8 Å². The van der Waals surface area contributed by atoms with E-state index in [4.69, 9.17) is 4.74 Å². The van der Waals surface area contributed by atoms with E-state index in [1.165, 1.54) is 18.3 Å². The minimum absolute atomic E-state index is 0.126. The van der Waals surface area contributed by atoms with Crippen LogP contribution < -0.4 is 9.64 Å². The van der Waals surface area contributed by atoms with Gasteiger partial charge in [0, 0.05) is 19.3 Å². The van der Waals surface area contributed by atoms with Crippen LogP contribution in [0.3, 0.4) is 0 Å². The van der Waals surface area contributed by atoms with Crippen molar-refractivity contribution in [2.45, 2.75) is 36.9 Å². The fourth-order valence-corrected chi connectivity index (χ4v) is 5.06. The lowest BCUT2D eigenvalue weighted by molar-refractivity contribution is -0.0231. The van der Waals surface area contributed by atoms with E-state index in [0.29, 0.717) is 43.3 Å². The summed E-state index contributed by atoms with van der Waals surface area (Å²) in [5.41, 5.74) is 0. The number of aryl methyl sites for hydroxylation is 1. The van der Waals surface area contributed by atoms with Crippen molar-refractivity contribution in [3.8, 4) is 5.75 Å². The number of nitrogens with zero attached hydrogens (tertiary/aromatic N) is 3. The second-order valence-electron chi connectivity index (χ2n) is 7.95. The Morgan fingerprint density at radius 1 is 1.17 bits per heavy atom. The lowest BCUT2D eigenvalue weighted by atomic mass is 9.78. The topological polar surface area (TPSA) is 92.6 Å². The summed E-state index contributed by atoms with van der Waals surface area (Å²) < 4.78 is 43.4. The number of fused-ring (bicyclic) bond motifs is 1. The van der Waals surface area contributed by atoms with E-state index < -0.39 is 15.9 Å². The van der Waals surface area contributed by atoms with Crippen LogP contribution in [0.4, 0.5) is 10.2 Å². The van der Waals surface area contributed by atoms with Gasteiger partial charge in [0.25, 0.3) is 0 Å². The van der Waals surface area contributed by atoms with Crippen molar-refractivity contribution >= 4 is 15.7 Å². The van der Waals surface area contributed by atoms with Gasteiger partial charge in [0.2, 0.25) is 0 Å². The molecule has 2 fully saturated rings. The lowest BCUT2D eigenvalue weighted by Gasteiger charge is -2.35. The summed E-state index contributed by atoms with van der Waals surface area (Å²) in [5.74, 6) is 1.59. The Kier molecular flexibility index (Phi) is 5.20. The molecule has 0 radical (unpaired) electrons. The Morgan fingerprint density at radius 2 is 1.83 bits per heavy atom. The molecule has 29 heavy (non-hydrogen) atoms. The van der Waals surface area contributed by atoms with E-state index in [9.17, 15) is 17.9 Å². The van der Waals surface area contributed by atoms with Crippen LogP contribution in [0, 0.1) is 24.6 Å². The Hall–Kier alpha value is -2.26. The summed E-state index contributed by atoms with van der Waals surface area (Å²) in [7, 11) is -3.46. The van der Waals surface area contributed by atoms with Crippen LogP contribution in [0.1, 0.15) is 18.7 Å². The third-order valence-corrected chi connectivity index (χ3v) is 6.83. The minimum atomic E-state index is -3.46. The summed E-state index contributed by atoms with van der Waals surface area (Å²) in [6, 6.07) is 5.76. The van der Waals surface area contributed by atoms with Crippen molar-refractivity contribution in [2.24, 2.45) is 11.8 Å². The number of benzene rings is 1. The fraction of sp³-hybridized carbons (Fsp3) is 0.500. The molecule has 1 aromatic carbocycles. The van der Waals surface area contributed by atoms with Crippen LogP contribution in [0.5, 0.6) is 5.75 Å². The molecule has 2 heterocycles. The van der Waals surface area contributed by atoms with Crippen LogP contribution in [0.2, 0.25) is 0 Å². The van der Waals surface area contributed by atoms with E-state index in [0.717, 1.165) is 6.26 Å². The van der Waals surface area contributed by atoms with Gasteiger partial charge in [-0.1, -0.05) is 0 Å². The van der Waals surface area contributed by atoms with Gasteiger partial charge in [0.15, 0.2) is 15.7 Å². The van der Waals surface area contributed by atoms with Crippen LogP contribution in [-0.4, -0.2) is 55.0 Å². The standard InChI is InChI=1S/C20H24FN3O4S/c1-12-22-9-19(29(2,26)27)20(23-12)24-10-13-7-17(25)18(8-14(13)11-24)28-16-5-3-15(21)4-6-16/h3-6,9,13-14,17-18,25H,7-8,10-11H2,1-2H3/t13-,14+,17+,18+/m0/s1. The first-order chi connectivity index (χ1) is 13.7. The normalized spacial score (nSPS) is 27.0. The highest BCUT2D eigenvalue weighted by Gasteiger charge is 2.43. The molecular weight excluding hydrogens is 397 g/mol. The Balaban J connectivity index is 1.52. The molecule has 9 heteroatoms. The third-order valence-electron chi connectivity index (χ3n) is 5.74. The predicted octanol–water partition coefficient (Wildman–Crippen LogP) is 1.98. The van der Waals surface area contributed by atoms with E-state index in [2.05, 4.69) is 9.97 Å². The van der Waals surface area contributed by atoms with E-state index in [-0.39, 0.29) is 28.7 Å². The number of halogens is 1. The highest BCUT2D eigenvalue weighted by Crippen LogP contribution is 2.40. The highest BCUT2D eigenvalue weighted by molar-refractivity contribution is 7.90. The maximum atomic E-state index is 13.1. The fourth-order valence-electron chi connectivity index (χ4n) is 4.31. The number of aliphatic hydroxyl groups excluding tert-OH is 1. The molecule has 0 bridgehead atoms. The van der Waals surface area contributed by atoms with Crippen molar-refractivity contribution in [3.63, 3.8) is 0 Å². The summed E-state index contributed by atoms with van der Waals surface area (Å²) >= 11 is 0. The SMILES string of the molecule is Cc1ncc(S(C)(=O)=O)c(N2C[C@H]3C[C@@H](Oc4ccc(F)cc4)[C@H](O)C[C@H]3C2)n1. The number of rotatable bonds is 4. The Bertz CT molecular complexity index is 999. The predicted molar refractivity (Wildman–Crippen MR) is 105 cm³/mol. The number of ether oxygens (including phenoxy) is 1. The maximum Gasteiger partial charge on any atom is 0.180 e. The van der Waals surface area contributed by atoms with Crippen LogP contribution in [0.25, 0.3) is 0 Å². The monoisotopic (exact) mass is 421 g/mol. The van der Waals surface area contributed by atoms with Crippen molar-refractivity contribution < 1.29 is 22.7 Å². The van der Waals surface area contributed by atoms with Gasteiger partial charge >= 0.3 is 0 Å². The molecule has 7 nitrogen and oxygen atoms in total. The van der Waals surface area contributed by atoms with Gasteiger partial charge in [-0.2, -0.15) is 0 Å². The van der Waals surface area contributed by atoms with Gasteiger partial charge in [0.05, 0.1) is 12.3 Å². The third kappa shape index (κ3) is 4.20. The van der Waals surface area contributed by atoms with Gasteiger partial charge in [-0.3, -0.25) is 0 Å². The minimum Gasteiger partial charge on any atom is -0.488 e. The van der Waals surface area contributed by atoms with Gasteiger partial charge in [-0.15, -0.1) is 0 Å². The number of hydrogen-bond donors (Lipinski definition) is 1. The molecule has 0 amide bonds. The van der Waals surface area contributed by atoms with E-state index in [1.807, 2.05) is 4.90 Å². The van der Waals surface area contributed by atoms with Gasteiger partial charge in [0.1, 0.15) is 28.4 Å². The van der Waals surface area contributed by atoms with Crippen molar-refractivity contribution in [3.05, 3.63) is 42.1 Å². The van der Waals surface area contributed by atoms with Crippen molar-refractivity contribution in [1.82, 2.24) is 9.97 Å². The summed E-state index contributed by atoms with van der Waals surface area (Å²) in [4.78, 5) is 10.5. The number of aliphatic hydroxyl groups is 1. The molecule has 1 aromatic heterocycles. The summed E-state index contributed by atoms with van der Waals surface area (Å²) in [6.07, 6.45) is 2.70.